The quantitative estimate of drug-likeness (QED) is 0.858. The lowest BCUT2D eigenvalue weighted by Crippen LogP contribution is -2.13. The normalized spacial score (nSPS) is 11.7. The molecule has 0 heterocycles. The Labute approximate surface area is 132 Å². The molecule has 1 N–H and O–H groups in total. The van der Waals surface area contributed by atoms with Gasteiger partial charge in [0.15, 0.2) is 0 Å². The van der Waals surface area contributed by atoms with Gasteiger partial charge in [-0.3, -0.25) is 4.72 Å². The summed E-state index contributed by atoms with van der Waals surface area (Å²) in [4.78, 5) is -0.00106. The van der Waals surface area contributed by atoms with Crippen molar-refractivity contribution < 1.29 is 12.8 Å². The summed E-state index contributed by atoms with van der Waals surface area (Å²) in [6.45, 7) is 4.06. The van der Waals surface area contributed by atoms with Crippen molar-refractivity contribution in [1.82, 2.24) is 0 Å². The Morgan fingerprint density at radius 1 is 1.14 bits per heavy atom. The summed E-state index contributed by atoms with van der Waals surface area (Å²) in [5, 5.41) is 0. The van der Waals surface area contributed by atoms with Gasteiger partial charge in [0.1, 0.15) is 10.7 Å². The van der Waals surface area contributed by atoms with Crippen LogP contribution in [0.5, 0.6) is 0 Å². The third-order valence-electron chi connectivity index (χ3n) is 2.99. The Kier molecular flexibility index (Phi) is 4.68. The first kappa shape index (κ1) is 16.0. The molecule has 0 atom stereocenters. The molecule has 21 heavy (non-hydrogen) atoms. The highest BCUT2D eigenvalue weighted by atomic mass is 79.9. The van der Waals surface area contributed by atoms with Gasteiger partial charge in [0.05, 0.1) is 0 Å². The van der Waals surface area contributed by atoms with Gasteiger partial charge < -0.3 is 0 Å². The zero-order chi connectivity index (χ0) is 15.6. The monoisotopic (exact) mass is 371 g/mol. The van der Waals surface area contributed by atoms with Crippen molar-refractivity contribution in [3.05, 3.63) is 58.3 Å². The van der Waals surface area contributed by atoms with E-state index in [9.17, 15) is 12.8 Å². The fourth-order valence-corrected chi connectivity index (χ4v) is 3.96. The maximum absolute atomic E-state index is 13.1. The van der Waals surface area contributed by atoms with Crippen LogP contribution in [0.1, 0.15) is 25.3 Å². The van der Waals surface area contributed by atoms with Gasteiger partial charge in [-0.2, -0.15) is 0 Å². The summed E-state index contributed by atoms with van der Waals surface area (Å²) in [5.41, 5.74) is 1.52. The van der Waals surface area contributed by atoms with E-state index >= 15 is 0 Å². The van der Waals surface area contributed by atoms with Crippen LogP contribution in [-0.4, -0.2) is 8.42 Å². The predicted octanol–water partition coefficient (Wildman–Crippen LogP) is 4.51. The molecule has 2 aromatic rings. The molecule has 2 aromatic carbocycles. The maximum Gasteiger partial charge on any atom is 0.263 e. The minimum Gasteiger partial charge on any atom is -0.280 e. The van der Waals surface area contributed by atoms with Gasteiger partial charge >= 0.3 is 0 Å². The Morgan fingerprint density at radius 2 is 1.86 bits per heavy atom. The van der Waals surface area contributed by atoms with E-state index in [0.717, 1.165) is 17.7 Å². The summed E-state index contributed by atoms with van der Waals surface area (Å²) < 4.78 is 40.5. The standard InChI is InChI=1S/C15H15BrFNO2S/c1-10(2)11-4-3-5-13(8-11)18-21(19,20)15-7-6-12(17)9-14(15)16/h3-10,18H,1-2H3. The third-order valence-corrected chi connectivity index (χ3v) is 5.35. The predicted molar refractivity (Wildman–Crippen MR) is 85.4 cm³/mol. The van der Waals surface area contributed by atoms with Gasteiger partial charge in [0.25, 0.3) is 10.0 Å². The van der Waals surface area contributed by atoms with Gasteiger partial charge in [-0.1, -0.05) is 26.0 Å². The number of anilines is 1. The molecule has 0 saturated carbocycles. The maximum atomic E-state index is 13.1. The van der Waals surface area contributed by atoms with E-state index in [1.807, 2.05) is 19.9 Å². The van der Waals surface area contributed by atoms with Crippen molar-refractivity contribution in [1.29, 1.82) is 0 Å². The van der Waals surface area contributed by atoms with Crippen LogP contribution < -0.4 is 4.72 Å². The first-order valence-electron chi connectivity index (χ1n) is 6.37. The van der Waals surface area contributed by atoms with Crippen LogP contribution in [0.25, 0.3) is 0 Å². The number of hydrogen-bond donors (Lipinski definition) is 1. The van der Waals surface area contributed by atoms with E-state index in [2.05, 4.69) is 20.7 Å². The van der Waals surface area contributed by atoms with Crippen LogP contribution in [0.2, 0.25) is 0 Å². The minimum absolute atomic E-state index is 0.00106. The molecule has 0 aliphatic rings. The largest absolute Gasteiger partial charge is 0.280 e. The summed E-state index contributed by atoms with van der Waals surface area (Å²) in [6, 6.07) is 10.7. The molecule has 0 bridgehead atoms. The zero-order valence-electron chi connectivity index (χ0n) is 11.6. The van der Waals surface area contributed by atoms with Gasteiger partial charge in [-0.05, 0) is 57.7 Å². The third kappa shape index (κ3) is 3.83. The van der Waals surface area contributed by atoms with E-state index in [1.165, 1.54) is 6.07 Å². The van der Waals surface area contributed by atoms with Crippen LogP contribution in [0.3, 0.4) is 0 Å². The molecule has 0 aliphatic carbocycles. The molecule has 0 amide bonds. The highest BCUT2D eigenvalue weighted by Gasteiger charge is 2.18. The molecule has 0 fully saturated rings. The summed E-state index contributed by atoms with van der Waals surface area (Å²) in [5.74, 6) is -0.199. The van der Waals surface area contributed by atoms with Crippen LogP contribution in [0.15, 0.2) is 51.8 Å². The average molecular weight is 372 g/mol. The number of sulfonamides is 1. The minimum atomic E-state index is -3.77. The molecule has 0 spiro atoms. The second kappa shape index (κ2) is 6.15. The zero-order valence-corrected chi connectivity index (χ0v) is 14.0. The van der Waals surface area contributed by atoms with Crippen molar-refractivity contribution >= 4 is 31.6 Å². The van der Waals surface area contributed by atoms with Crippen molar-refractivity contribution in [2.45, 2.75) is 24.7 Å². The lowest BCUT2D eigenvalue weighted by atomic mass is 10.0. The van der Waals surface area contributed by atoms with E-state index in [-0.39, 0.29) is 9.37 Å². The smallest absolute Gasteiger partial charge is 0.263 e. The topological polar surface area (TPSA) is 46.2 Å². The fourth-order valence-electron chi connectivity index (χ4n) is 1.86. The van der Waals surface area contributed by atoms with Crippen LogP contribution in [0.4, 0.5) is 10.1 Å². The van der Waals surface area contributed by atoms with Gasteiger partial charge in [0.2, 0.25) is 0 Å². The molecule has 0 unspecified atom stereocenters. The molecule has 3 nitrogen and oxygen atoms in total. The molecule has 2 rings (SSSR count). The molecular formula is C15H15BrFNO2S. The fraction of sp³-hybridized carbons (Fsp3) is 0.200. The van der Waals surface area contributed by atoms with E-state index in [1.54, 1.807) is 18.2 Å². The van der Waals surface area contributed by atoms with Gasteiger partial charge in [0, 0.05) is 10.2 Å². The van der Waals surface area contributed by atoms with Crippen molar-refractivity contribution in [3.8, 4) is 0 Å². The molecule has 6 heteroatoms. The lowest BCUT2D eigenvalue weighted by Gasteiger charge is -2.12. The van der Waals surface area contributed by atoms with E-state index in [0.29, 0.717) is 11.6 Å². The van der Waals surface area contributed by atoms with Crippen LogP contribution >= 0.6 is 15.9 Å². The Morgan fingerprint density at radius 3 is 2.48 bits per heavy atom. The number of nitrogens with one attached hydrogen (secondary N) is 1. The highest BCUT2D eigenvalue weighted by Crippen LogP contribution is 2.26. The first-order chi connectivity index (χ1) is 9.79. The molecule has 112 valence electrons. The van der Waals surface area contributed by atoms with Gasteiger partial charge in [-0.15, -0.1) is 0 Å². The summed E-state index contributed by atoms with van der Waals surface area (Å²) >= 11 is 3.07. The molecule has 0 aromatic heterocycles. The average Bonchev–Trinajstić information content (AvgIpc) is 2.37. The number of rotatable bonds is 4. The first-order valence-corrected chi connectivity index (χ1v) is 8.65. The number of benzene rings is 2. The Bertz CT molecular complexity index is 760. The molecule has 0 aliphatic heterocycles. The molecule has 0 saturated heterocycles. The highest BCUT2D eigenvalue weighted by molar-refractivity contribution is 9.10. The van der Waals surface area contributed by atoms with Crippen LogP contribution in [0, 0.1) is 5.82 Å². The van der Waals surface area contributed by atoms with E-state index in [4.69, 9.17) is 0 Å². The lowest BCUT2D eigenvalue weighted by molar-refractivity contribution is 0.599. The number of hydrogen-bond acceptors (Lipinski definition) is 2. The summed E-state index contributed by atoms with van der Waals surface area (Å²) in [6.07, 6.45) is 0. The van der Waals surface area contributed by atoms with Crippen molar-refractivity contribution in [2.24, 2.45) is 0 Å². The van der Waals surface area contributed by atoms with Crippen molar-refractivity contribution in [3.63, 3.8) is 0 Å². The second-order valence-electron chi connectivity index (χ2n) is 4.96. The number of halogens is 2. The van der Waals surface area contributed by atoms with Crippen molar-refractivity contribution in [2.75, 3.05) is 4.72 Å². The summed E-state index contributed by atoms with van der Waals surface area (Å²) in [7, 11) is -3.77. The molecule has 0 radical (unpaired) electrons. The van der Waals surface area contributed by atoms with Gasteiger partial charge in [-0.25, -0.2) is 12.8 Å². The van der Waals surface area contributed by atoms with E-state index < -0.39 is 15.8 Å². The van der Waals surface area contributed by atoms with Crippen LogP contribution in [-0.2, 0) is 10.0 Å². The Balaban J connectivity index is 2.35. The second-order valence-corrected chi connectivity index (χ2v) is 7.47. The Hall–Kier alpha value is -1.40. The SMILES string of the molecule is CC(C)c1cccc(NS(=O)(=O)c2ccc(F)cc2Br)c1. The molecular weight excluding hydrogens is 357 g/mol.